The van der Waals surface area contributed by atoms with Crippen molar-refractivity contribution in [2.24, 2.45) is 0 Å². The number of halogens is 2. The maximum atomic E-state index is 12.3. The van der Waals surface area contributed by atoms with E-state index in [4.69, 9.17) is 0 Å². The predicted molar refractivity (Wildman–Crippen MR) is 74.3 cm³/mol. The van der Waals surface area contributed by atoms with E-state index in [0.29, 0.717) is 5.56 Å². The lowest BCUT2D eigenvalue weighted by Crippen LogP contribution is -2.02. The molecule has 2 rings (SSSR count). The predicted octanol–water partition coefficient (Wildman–Crippen LogP) is 4.81. The summed E-state index contributed by atoms with van der Waals surface area (Å²) < 4.78 is 1.73. The highest BCUT2D eigenvalue weighted by molar-refractivity contribution is 9.11. The largest absolute Gasteiger partial charge is 0.289 e. The van der Waals surface area contributed by atoms with Crippen LogP contribution in [0.5, 0.6) is 0 Å². The molecule has 0 fully saturated rings. The molecule has 0 saturated carbocycles. The van der Waals surface area contributed by atoms with Crippen LogP contribution in [0.25, 0.3) is 0 Å². The Hall–Kier alpha value is -0.450. The van der Waals surface area contributed by atoms with E-state index >= 15 is 0 Å². The first kappa shape index (κ1) is 12.0. The van der Waals surface area contributed by atoms with Gasteiger partial charge >= 0.3 is 0 Å². The number of rotatable bonds is 2. The van der Waals surface area contributed by atoms with Gasteiger partial charge in [0.2, 0.25) is 0 Å². The van der Waals surface area contributed by atoms with Gasteiger partial charge in [0.1, 0.15) is 0 Å². The number of benzene rings is 1. The molecule has 0 bridgehead atoms. The molecular formula is C12H8Br2OS. The Morgan fingerprint density at radius 2 is 1.94 bits per heavy atom. The maximum absolute atomic E-state index is 12.3. The monoisotopic (exact) mass is 358 g/mol. The maximum Gasteiger partial charge on any atom is 0.195 e. The minimum absolute atomic E-state index is 0.0620. The van der Waals surface area contributed by atoms with Crippen LogP contribution in [-0.2, 0) is 0 Å². The van der Waals surface area contributed by atoms with Crippen LogP contribution >= 0.6 is 43.2 Å². The summed E-state index contributed by atoms with van der Waals surface area (Å²) in [5.74, 6) is 0.0620. The van der Waals surface area contributed by atoms with Crippen molar-refractivity contribution in [3.05, 3.63) is 54.6 Å². The average Bonchev–Trinajstić information content (AvgIpc) is 2.67. The van der Waals surface area contributed by atoms with E-state index in [1.807, 2.05) is 36.6 Å². The molecule has 1 aromatic heterocycles. The van der Waals surface area contributed by atoms with Crippen molar-refractivity contribution in [2.75, 3.05) is 0 Å². The Labute approximate surface area is 115 Å². The number of ketones is 1. The second-order valence-electron chi connectivity index (χ2n) is 3.34. The zero-order valence-electron chi connectivity index (χ0n) is 8.46. The smallest absolute Gasteiger partial charge is 0.195 e. The van der Waals surface area contributed by atoms with Crippen molar-refractivity contribution in [2.45, 2.75) is 6.92 Å². The van der Waals surface area contributed by atoms with Gasteiger partial charge in [-0.05, 0) is 36.6 Å². The lowest BCUT2D eigenvalue weighted by atomic mass is 10.0. The van der Waals surface area contributed by atoms with Gasteiger partial charge in [0.05, 0.1) is 0 Å². The molecule has 0 atom stereocenters. The standard InChI is InChI=1S/C12H8Br2OS/c1-7-9(4-5-16-7)12(15)10-6-8(13)2-3-11(10)14/h2-6H,1H3. The first-order chi connectivity index (χ1) is 7.59. The fraction of sp³-hybridized carbons (Fsp3) is 0.0833. The normalized spacial score (nSPS) is 10.4. The van der Waals surface area contributed by atoms with Gasteiger partial charge in [-0.2, -0.15) is 0 Å². The summed E-state index contributed by atoms with van der Waals surface area (Å²) in [6.07, 6.45) is 0. The molecule has 82 valence electrons. The molecule has 2 aromatic rings. The van der Waals surface area contributed by atoms with Gasteiger partial charge in [0.15, 0.2) is 5.78 Å². The molecule has 0 aliphatic carbocycles. The van der Waals surface area contributed by atoms with E-state index in [1.165, 1.54) is 0 Å². The van der Waals surface area contributed by atoms with Crippen molar-refractivity contribution in [3.63, 3.8) is 0 Å². The van der Waals surface area contributed by atoms with Gasteiger partial charge in [-0.3, -0.25) is 4.79 Å². The summed E-state index contributed by atoms with van der Waals surface area (Å²) in [6, 6.07) is 7.49. The summed E-state index contributed by atoms with van der Waals surface area (Å²) >= 11 is 8.37. The molecule has 1 nitrogen and oxygen atoms in total. The molecule has 0 saturated heterocycles. The first-order valence-corrected chi connectivity index (χ1v) is 7.10. The van der Waals surface area contributed by atoms with E-state index in [9.17, 15) is 4.79 Å². The third-order valence-corrected chi connectivity index (χ3v) is 4.31. The van der Waals surface area contributed by atoms with E-state index in [2.05, 4.69) is 31.9 Å². The topological polar surface area (TPSA) is 17.1 Å². The highest BCUT2D eigenvalue weighted by Crippen LogP contribution is 2.26. The van der Waals surface area contributed by atoms with Gasteiger partial charge in [0, 0.05) is 24.9 Å². The van der Waals surface area contributed by atoms with E-state index < -0.39 is 0 Å². The highest BCUT2D eigenvalue weighted by atomic mass is 79.9. The number of aryl methyl sites for hydroxylation is 1. The third kappa shape index (κ3) is 2.29. The Morgan fingerprint density at radius 1 is 1.19 bits per heavy atom. The van der Waals surface area contributed by atoms with Crippen LogP contribution in [0, 0.1) is 6.92 Å². The van der Waals surface area contributed by atoms with Crippen LogP contribution in [0.4, 0.5) is 0 Å². The average molecular weight is 360 g/mol. The van der Waals surface area contributed by atoms with E-state index in [0.717, 1.165) is 19.4 Å². The highest BCUT2D eigenvalue weighted by Gasteiger charge is 2.15. The van der Waals surface area contributed by atoms with Crippen molar-refractivity contribution in [1.29, 1.82) is 0 Å². The number of carbonyl (C=O) groups is 1. The summed E-state index contributed by atoms with van der Waals surface area (Å²) in [5.41, 5.74) is 1.47. The molecule has 4 heteroatoms. The van der Waals surface area contributed by atoms with Crippen molar-refractivity contribution in [1.82, 2.24) is 0 Å². The van der Waals surface area contributed by atoms with Crippen LogP contribution in [0.15, 0.2) is 38.6 Å². The molecule has 0 aliphatic rings. The summed E-state index contributed by atoms with van der Waals surface area (Å²) in [6.45, 7) is 1.96. The van der Waals surface area contributed by atoms with Crippen molar-refractivity contribution in [3.8, 4) is 0 Å². The van der Waals surface area contributed by atoms with Gasteiger partial charge in [-0.1, -0.05) is 31.9 Å². The van der Waals surface area contributed by atoms with Crippen LogP contribution in [-0.4, -0.2) is 5.78 Å². The number of hydrogen-bond acceptors (Lipinski definition) is 2. The number of carbonyl (C=O) groups excluding carboxylic acids is 1. The molecule has 0 radical (unpaired) electrons. The number of hydrogen-bond donors (Lipinski definition) is 0. The fourth-order valence-electron chi connectivity index (χ4n) is 1.44. The molecule has 16 heavy (non-hydrogen) atoms. The van der Waals surface area contributed by atoms with Crippen LogP contribution in [0.2, 0.25) is 0 Å². The molecule has 1 heterocycles. The van der Waals surface area contributed by atoms with Gasteiger partial charge in [-0.25, -0.2) is 0 Å². The molecule has 0 amide bonds. The molecule has 0 N–H and O–H groups in total. The SMILES string of the molecule is Cc1sccc1C(=O)c1cc(Br)ccc1Br. The van der Waals surface area contributed by atoms with E-state index in [-0.39, 0.29) is 5.78 Å². The molecule has 1 aromatic carbocycles. The van der Waals surface area contributed by atoms with Gasteiger partial charge in [0.25, 0.3) is 0 Å². The second-order valence-corrected chi connectivity index (χ2v) is 6.23. The lowest BCUT2D eigenvalue weighted by molar-refractivity contribution is 0.103. The van der Waals surface area contributed by atoms with Gasteiger partial charge < -0.3 is 0 Å². The second kappa shape index (κ2) is 4.82. The summed E-state index contributed by atoms with van der Waals surface area (Å²) in [7, 11) is 0. The van der Waals surface area contributed by atoms with Crippen molar-refractivity contribution < 1.29 is 4.79 Å². The molecular weight excluding hydrogens is 352 g/mol. The first-order valence-electron chi connectivity index (χ1n) is 4.63. The van der Waals surface area contributed by atoms with Crippen LogP contribution in [0.3, 0.4) is 0 Å². The third-order valence-electron chi connectivity index (χ3n) is 2.28. The molecule has 0 aliphatic heterocycles. The van der Waals surface area contributed by atoms with Crippen LogP contribution < -0.4 is 0 Å². The Morgan fingerprint density at radius 3 is 2.56 bits per heavy atom. The quantitative estimate of drug-likeness (QED) is 0.703. The lowest BCUT2D eigenvalue weighted by Gasteiger charge is -2.04. The zero-order chi connectivity index (χ0) is 11.7. The zero-order valence-corrected chi connectivity index (χ0v) is 12.4. The molecule has 0 unspecified atom stereocenters. The van der Waals surface area contributed by atoms with Crippen molar-refractivity contribution >= 4 is 49.0 Å². The Kier molecular flexibility index (Phi) is 3.62. The summed E-state index contributed by atoms with van der Waals surface area (Å²) in [5, 5.41) is 1.94. The number of thiophene rings is 1. The minimum Gasteiger partial charge on any atom is -0.289 e. The Balaban J connectivity index is 2.49. The summed E-state index contributed by atoms with van der Waals surface area (Å²) in [4.78, 5) is 13.3. The molecule has 0 spiro atoms. The van der Waals surface area contributed by atoms with Crippen LogP contribution in [0.1, 0.15) is 20.8 Å². The Bertz CT molecular complexity index is 546. The van der Waals surface area contributed by atoms with Gasteiger partial charge in [-0.15, -0.1) is 11.3 Å². The minimum atomic E-state index is 0.0620. The fourth-order valence-corrected chi connectivity index (χ4v) is 2.92. The van der Waals surface area contributed by atoms with E-state index in [1.54, 1.807) is 11.3 Å².